The summed E-state index contributed by atoms with van der Waals surface area (Å²) in [7, 11) is 1.33. The van der Waals surface area contributed by atoms with Crippen molar-refractivity contribution in [2.24, 2.45) is 0 Å². The zero-order valence-electron chi connectivity index (χ0n) is 14.5. The number of carbonyl (C=O) groups excluding carboxylic acids is 2. The number of esters is 2. The van der Waals surface area contributed by atoms with Gasteiger partial charge in [0.15, 0.2) is 0 Å². The van der Waals surface area contributed by atoms with Gasteiger partial charge in [-0.2, -0.15) is 0 Å². The molecule has 2 rings (SSSR count). The van der Waals surface area contributed by atoms with Crippen LogP contribution in [0.1, 0.15) is 34.1 Å². The van der Waals surface area contributed by atoms with Gasteiger partial charge in [0.2, 0.25) is 0 Å². The summed E-state index contributed by atoms with van der Waals surface area (Å²) in [6, 6.07) is 10.4. The predicted octanol–water partition coefficient (Wildman–Crippen LogP) is 3.77. The van der Waals surface area contributed by atoms with Crippen LogP contribution in [0.25, 0.3) is 10.8 Å². The molecule has 0 bridgehead atoms. The summed E-state index contributed by atoms with van der Waals surface area (Å²) in [5.41, 5.74) is 1.79. The molecular weight excluding hydrogens is 320 g/mol. The molecule has 0 aliphatic carbocycles. The second-order valence-corrected chi connectivity index (χ2v) is 5.70. The molecular formula is C20H22O5. The van der Waals surface area contributed by atoms with Crippen LogP contribution in [0.15, 0.2) is 48.6 Å². The second kappa shape index (κ2) is 8.99. The minimum absolute atomic E-state index is 0.266. The number of hydrogen-bond donors (Lipinski definition) is 0. The Morgan fingerprint density at radius 3 is 2.12 bits per heavy atom. The number of rotatable bonds is 8. The molecule has 0 atom stereocenters. The number of fused-ring (bicyclic) bond motifs is 1. The van der Waals surface area contributed by atoms with Crippen LogP contribution in [0.4, 0.5) is 0 Å². The summed E-state index contributed by atoms with van der Waals surface area (Å²) in [6.45, 7) is 6.92. The normalized spacial score (nSPS) is 10.5. The number of hydrogen-bond acceptors (Lipinski definition) is 5. The lowest BCUT2D eigenvalue weighted by Crippen LogP contribution is -2.10. The van der Waals surface area contributed by atoms with Crippen molar-refractivity contribution in [1.82, 2.24) is 0 Å². The Kier molecular flexibility index (Phi) is 6.71. The van der Waals surface area contributed by atoms with E-state index < -0.39 is 11.9 Å². The van der Waals surface area contributed by atoms with E-state index in [2.05, 4.69) is 6.58 Å². The lowest BCUT2D eigenvalue weighted by atomic mass is 9.99. The SMILES string of the molecule is C=C(C)COCCCOC(=O)c1ccc(C(=O)OC)c2ccccc12. The van der Waals surface area contributed by atoms with E-state index in [9.17, 15) is 9.59 Å². The minimum Gasteiger partial charge on any atom is -0.465 e. The molecule has 0 fully saturated rings. The molecule has 0 aromatic heterocycles. The lowest BCUT2D eigenvalue weighted by molar-refractivity contribution is 0.0457. The minimum atomic E-state index is -0.439. The van der Waals surface area contributed by atoms with Gasteiger partial charge in [0.25, 0.3) is 0 Å². The van der Waals surface area contributed by atoms with E-state index in [1.54, 1.807) is 24.3 Å². The molecule has 0 amide bonds. The lowest BCUT2D eigenvalue weighted by Gasteiger charge is -2.10. The van der Waals surface area contributed by atoms with Crippen LogP contribution in [0.3, 0.4) is 0 Å². The Morgan fingerprint density at radius 2 is 1.56 bits per heavy atom. The molecule has 0 unspecified atom stereocenters. The topological polar surface area (TPSA) is 61.8 Å². The maximum Gasteiger partial charge on any atom is 0.338 e. The highest BCUT2D eigenvalue weighted by molar-refractivity contribution is 6.11. The largest absolute Gasteiger partial charge is 0.465 e. The molecule has 132 valence electrons. The highest BCUT2D eigenvalue weighted by Crippen LogP contribution is 2.24. The van der Waals surface area contributed by atoms with E-state index in [0.29, 0.717) is 41.5 Å². The Labute approximate surface area is 147 Å². The molecule has 0 radical (unpaired) electrons. The first-order valence-corrected chi connectivity index (χ1v) is 8.04. The van der Waals surface area contributed by atoms with E-state index in [-0.39, 0.29) is 6.61 Å². The Morgan fingerprint density at radius 1 is 0.960 bits per heavy atom. The van der Waals surface area contributed by atoms with Crippen LogP contribution in [0.2, 0.25) is 0 Å². The van der Waals surface area contributed by atoms with Crippen LogP contribution in [0, 0.1) is 0 Å². The van der Waals surface area contributed by atoms with E-state index in [1.807, 2.05) is 19.1 Å². The fraction of sp³-hybridized carbons (Fsp3) is 0.300. The standard InChI is InChI=1S/C20H22O5/c1-14(2)13-24-11-6-12-25-20(22)18-10-9-17(19(21)23-3)15-7-4-5-8-16(15)18/h4-5,7-10H,1,6,11-13H2,2-3H3. The average Bonchev–Trinajstić information content (AvgIpc) is 2.62. The third-order valence-corrected chi connectivity index (χ3v) is 3.56. The maximum absolute atomic E-state index is 12.4. The molecule has 5 heteroatoms. The first kappa shape index (κ1) is 18.7. The molecule has 25 heavy (non-hydrogen) atoms. The molecule has 2 aromatic rings. The van der Waals surface area contributed by atoms with Crippen molar-refractivity contribution >= 4 is 22.7 Å². The monoisotopic (exact) mass is 342 g/mol. The van der Waals surface area contributed by atoms with Gasteiger partial charge in [0.1, 0.15) is 0 Å². The Bertz CT molecular complexity index is 779. The van der Waals surface area contributed by atoms with E-state index >= 15 is 0 Å². The number of benzene rings is 2. The van der Waals surface area contributed by atoms with E-state index in [1.165, 1.54) is 7.11 Å². The van der Waals surface area contributed by atoms with Crippen molar-refractivity contribution in [3.05, 3.63) is 59.7 Å². The Balaban J connectivity index is 2.06. The summed E-state index contributed by atoms with van der Waals surface area (Å²) >= 11 is 0. The second-order valence-electron chi connectivity index (χ2n) is 5.70. The van der Waals surface area contributed by atoms with Gasteiger partial charge in [0, 0.05) is 6.42 Å². The van der Waals surface area contributed by atoms with Gasteiger partial charge < -0.3 is 14.2 Å². The molecule has 0 aliphatic heterocycles. The summed E-state index contributed by atoms with van der Waals surface area (Å²) in [6.07, 6.45) is 0.608. The predicted molar refractivity (Wildman–Crippen MR) is 95.8 cm³/mol. The van der Waals surface area contributed by atoms with E-state index in [4.69, 9.17) is 14.2 Å². The van der Waals surface area contributed by atoms with Gasteiger partial charge in [-0.15, -0.1) is 0 Å². The van der Waals surface area contributed by atoms with Crippen molar-refractivity contribution < 1.29 is 23.8 Å². The summed E-state index contributed by atoms with van der Waals surface area (Å²) in [5.74, 6) is -0.863. The van der Waals surface area contributed by atoms with Crippen LogP contribution < -0.4 is 0 Å². The van der Waals surface area contributed by atoms with Crippen molar-refractivity contribution in [2.45, 2.75) is 13.3 Å². The van der Waals surface area contributed by atoms with Gasteiger partial charge in [-0.05, 0) is 29.8 Å². The molecule has 0 spiro atoms. The van der Waals surface area contributed by atoms with Gasteiger partial charge in [-0.1, -0.05) is 36.4 Å². The zero-order valence-corrected chi connectivity index (χ0v) is 14.5. The zero-order chi connectivity index (χ0) is 18.2. The van der Waals surface area contributed by atoms with Crippen molar-refractivity contribution in [1.29, 1.82) is 0 Å². The van der Waals surface area contributed by atoms with Gasteiger partial charge in [-0.25, -0.2) is 9.59 Å². The van der Waals surface area contributed by atoms with E-state index in [0.717, 1.165) is 5.57 Å². The van der Waals surface area contributed by atoms with Crippen LogP contribution in [-0.4, -0.2) is 38.9 Å². The molecule has 0 saturated carbocycles. The number of ether oxygens (including phenoxy) is 3. The fourth-order valence-corrected chi connectivity index (χ4v) is 2.42. The van der Waals surface area contributed by atoms with Crippen molar-refractivity contribution in [2.75, 3.05) is 26.9 Å². The van der Waals surface area contributed by atoms with Gasteiger partial charge in [0.05, 0.1) is 38.1 Å². The first-order chi connectivity index (χ1) is 12.0. The van der Waals surface area contributed by atoms with Gasteiger partial charge >= 0.3 is 11.9 Å². The Hall–Kier alpha value is -2.66. The van der Waals surface area contributed by atoms with Crippen LogP contribution in [0.5, 0.6) is 0 Å². The molecule has 2 aromatic carbocycles. The quantitative estimate of drug-likeness (QED) is 0.415. The third-order valence-electron chi connectivity index (χ3n) is 3.56. The third kappa shape index (κ3) is 4.90. The molecule has 0 N–H and O–H groups in total. The van der Waals surface area contributed by atoms with Crippen LogP contribution in [-0.2, 0) is 14.2 Å². The average molecular weight is 342 g/mol. The molecule has 0 heterocycles. The molecule has 0 saturated heterocycles. The summed E-state index contributed by atoms with van der Waals surface area (Å²) < 4.78 is 15.5. The smallest absolute Gasteiger partial charge is 0.338 e. The highest BCUT2D eigenvalue weighted by atomic mass is 16.5. The van der Waals surface area contributed by atoms with Crippen molar-refractivity contribution in [3.8, 4) is 0 Å². The number of carbonyl (C=O) groups is 2. The highest BCUT2D eigenvalue weighted by Gasteiger charge is 2.17. The fourth-order valence-electron chi connectivity index (χ4n) is 2.42. The van der Waals surface area contributed by atoms with Gasteiger partial charge in [-0.3, -0.25) is 0 Å². The maximum atomic E-state index is 12.4. The molecule has 0 aliphatic rings. The summed E-state index contributed by atoms with van der Waals surface area (Å²) in [4.78, 5) is 24.2. The number of methoxy groups -OCH3 is 1. The molecule has 5 nitrogen and oxygen atoms in total. The summed E-state index contributed by atoms with van der Waals surface area (Å²) in [5, 5.41) is 1.32. The van der Waals surface area contributed by atoms with Crippen molar-refractivity contribution in [3.63, 3.8) is 0 Å². The van der Waals surface area contributed by atoms with Crippen LogP contribution >= 0.6 is 0 Å². The first-order valence-electron chi connectivity index (χ1n) is 8.04.